The van der Waals surface area contributed by atoms with Crippen molar-refractivity contribution in [2.75, 3.05) is 0 Å². The van der Waals surface area contributed by atoms with Gasteiger partial charge in [-0.05, 0) is 60.9 Å². The molecule has 21 heavy (non-hydrogen) atoms. The van der Waals surface area contributed by atoms with Gasteiger partial charge in [-0.25, -0.2) is 4.39 Å². The Morgan fingerprint density at radius 2 is 1.81 bits per heavy atom. The average molecular weight is 303 g/mol. The standard InChI is InChI=1S/C18H22FNS/c1-12(2)20-11-15-10-16(19)6-8-18(15)21-17-7-5-13(3)14(4)9-17/h5-10,12,20H,11H2,1-4H3. The number of rotatable bonds is 5. The summed E-state index contributed by atoms with van der Waals surface area (Å²) in [6.45, 7) is 9.10. The lowest BCUT2D eigenvalue weighted by Crippen LogP contribution is -2.22. The van der Waals surface area contributed by atoms with E-state index in [1.807, 2.05) is 6.07 Å². The number of benzene rings is 2. The van der Waals surface area contributed by atoms with Crippen molar-refractivity contribution in [3.63, 3.8) is 0 Å². The zero-order chi connectivity index (χ0) is 15.4. The van der Waals surface area contributed by atoms with Gasteiger partial charge >= 0.3 is 0 Å². The Balaban J connectivity index is 2.23. The predicted octanol–water partition coefficient (Wildman–Crippen LogP) is 5.09. The van der Waals surface area contributed by atoms with Crippen LogP contribution in [0, 0.1) is 19.7 Å². The molecule has 0 heterocycles. The van der Waals surface area contributed by atoms with Crippen LogP contribution in [0.2, 0.25) is 0 Å². The van der Waals surface area contributed by atoms with E-state index >= 15 is 0 Å². The van der Waals surface area contributed by atoms with Crippen molar-refractivity contribution in [1.29, 1.82) is 0 Å². The molecule has 2 rings (SSSR count). The van der Waals surface area contributed by atoms with Crippen molar-refractivity contribution in [1.82, 2.24) is 5.32 Å². The molecule has 0 aliphatic heterocycles. The second kappa shape index (κ2) is 7.10. The summed E-state index contributed by atoms with van der Waals surface area (Å²) in [5.41, 5.74) is 3.58. The summed E-state index contributed by atoms with van der Waals surface area (Å²) in [5, 5.41) is 3.36. The summed E-state index contributed by atoms with van der Waals surface area (Å²) in [7, 11) is 0. The van der Waals surface area contributed by atoms with E-state index in [4.69, 9.17) is 0 Å². The Labute approximate surface area is 131 Å². The van der Waals surface area contributed by atoms with Crippen LogP contribution < -0.4 is 5.32 Å². The second-order valence-corrected chi connectivity index (χ2v) is 6.75. The molecule has 0 bridgehead atoms. The molecule has 0 unspecified atom stereocenters. The van der Waals surface area contributed by atoms with Gasteiger partial charge in [-0.2, -0.15) is 0 Å². The van der Waals surface area contributed by atoms with E-state index in [0.717, 1.165) is 10.5 Å². The number of hydrogen-bond acceptors (Lipinski definition) is 2. The summed E-state index contributed by atoms with van der Waals surface area (Å²) in [4.78, 5) is 2.29. The maximum Gasteiger partial charge on any atom is 0.123 e. The SMILES string of the molecule is Cc1ccc(Sc2ccc(F)cc2CNC(C)C)cc1C. The van der Waals surface area contributed by atoms with Crippen LogP contribution in [0.25, 0.3) is 0 Å². The molecule has 0 saturated heterocycles. The highest BCUT2D eigenvalue weighted by Crippen LogP contribution is 2.32. The van der Waals surface area contributed by atoms with E-state index in [-0.39, 0.29) is 5.82 Å². The molecule has 3 heteroatoms. The molecule has 0 atom stereocenters. The molecule has 2 aromatic carbocycles. The van der Waals surface area contributed by atoms with Gasteiger partial charge in [0.1, 0.15) is 5.82 Å². The van der Waals surface area contributed by atoms with Crippen molar-refractivity contribution in [2.45, 2.75) is 50.1 Å². The minimum absolute atomic E-state index is 0.181. The fraction of sp³-hybridized carbons (Fsp3) is 0.333. The van der Waals surface area contributed by atoms with Crippen molar-refractivity contribution in [3.8, 4) is 0 Å². The molecule has 2 aromatic rings. The molecule has 112 valence electrons. The largest absolute Gasteiger partial charge is 0.310 e. The normalized spacial score (nSPS) is 11.1. The van der Waals surface area contributed by atoms with Gasteiger partial charge in [0.05, 0.1) is 0 Å². The van der Waals surface area contributed by atoms with Gasteiger partial charge in [0.2, 0.25) is 0 Å². The molecule has 0 amide bonds. The lowest BCUT2D eigenvalue weighted by atomic mass is 10.1. The Hall–Kier alpha value is -1.32. The summed E-state index contributed by atoms with van der Waals surface area (Å²) in [5.74, 6) is -0.181. The van der Waals surface area contributed by atoms with Crippen LogP contribution in [0.1, 0.15) is 30.5 Å². The number of halogens is 1. The first-order valence-corrected chi connectivity index (χ1v) is 8.04. The van der Waals surface area contributed by atoms with Gasteiger partial charge in [0.25, 0.3) is 0 Å². The van der Waals surface area contributed by atoms with Crippen LogP contribution in [0.15, 0.2) is 46.2 Å². The summed E-state index contributed by atoms with van der Waals surface area (Å²) in [6, 6.07) is 11.8. The highest BCUT2D eigenvalue weighted by atomic mass is 32.2. The van der Waals surface area contributed by atoms with Gasteiger partial charge in [-0.15, -0.1) is 0 Å². The van der Waals surface area contributed by atoms with Crippen LogP contribution in [0.5, 0.6) is 0 Å². The van der Waals surface area contributed by atoms with Crippen molar-refractivity contribution < 1.29 is 4.39 Å². The van der Waals surface area contributed by atoms with Gasteiger partial charge in [-0.3, -0.25) is 0 Å². The van der Waals surface area contributed by atoms with Crippen LogP contribution in [0.3, 0.4) is 0 Å². The first kappa shape index (κ1) is 16.1. The van der Waals surface area contributed by atoms with Crippen molar-refractivity contribution >= 4 is 11.8 Å². The molecule has 0 aliphatic rings. The molecule has 0 spiro atoms. The maximum absolute atomic E-state index is 13.5. The van der Waals surface area contributed by atoms with Crippen LogP contribution in [-0.2, 0) is 6.54 Å². The molecule has 0 aromatic heterocycles. The Morgan fingerprint density at radius 1 is 1.05 bits per heavy atom. The van der Waals surface area contributed by atoms with Gasteiger partial charge in [0, 0.05) is 22.4 Å². The van der Waals surface area contributed by atoms with E-state index in [1.165, 1.54) is 22.1 Å². The molecule has 0 saturated carbocycles. The lowest BCUT2D eigenvalue weighted by Gasteiger charge is -2.13. The van der Waals surface area contributed by atoms with E-state index in [2.05, 4.69) is 51.2 Å². The van der Waals surface area contributed by atoms with Crippen LogP contribution in [0.4, 0.5) is 4.39 Å². The second-order valence-electron chi connectivity index (χ2n) is 5.64. The molecular weight excluding hydrogens is 281 g/mol. The highest BCUT2D eigenvalue weighted by Gasteiger charge is 2.07. The monoisotopic (exact) mass is 303 g/mol. The summed E-state index contributed by atoms with van der Waals surface area (Å²) >= 11 is 1.69. The molecule has 0 fully saturated rings. The molecule has 1 N–H and O–H groups in total. The Morgan fingerprint density at radius 3 is 2.48 bits per heavy atom. The predicted molar refractivity (Wildman–Crippen MR) is 88.4 cm³/mol. The summed E-state index contributed by atoms with van der Waals surface area (Å²) in [6.07, 6.45) is 0. The number of hydrogen-bond donors (Lipinski definition) is 1. The Bertz CT molecular complexity index is 623. The van der Waals surface area contributed by atoms with E-state index < -0.39 is 0 Å². The van der Waals surface area contributed by atoms with Gasteiger partial charge in [-0.1, -0.05) is 31.7 Å². The van der Waals surface area contributed by atoms with E-state index in [0.29, 0.717) is 12.6 Å². The van der Waals surface area contributed by atoms with E-state index in [9.17, 15) is 4.39 Å². The number of nitrogens with one attached hydrogen (secondary N) is 1. The quantitative estimate of drug-likeness (QED) is 0.825. The smallest absolute Gasteiger partial charge is 0.123 e. The van der Waals surface area contributed by atoms with Crippen molar-refractivity contribution in [3.05, 3.63) is 58.9 Å². The topological polar surface area (TPSA) is 12.0 Å². The third kappa shape index (κ3) is 4.58. The first-order chi connectivity index (χ1) is 9.95. The minimum Gasteiger partial charge on any atom is -0.310 e. The molecule has 0 radical (unpaired) electrons. The van der Waals surface area contributed by atoms with Gasteiger partial charge < -0.3 is 5.32 Å². The third-order valence-corrected chi connectivity index (χ3v) is 4.54. The van der Waals surface area contributed by atoms with E-state index in [1.54, 1.807) is 17.8 Å². The average Bonchev–Trinajstić information content (AvgIpc) is 2.43. The Kier molecular flexibility index (Phi) is 5.43. The zero-order valence-corrected chi connectivity index (χ0v) is 13.9. The zero-order valence-electron chi connectivity index (χ0n) is 13.0. The van der Waals surface area contributed by atoms with Crippen LogP contribution in [-0.4, -0.2) is 6.04 Å². The minimum atomic E-state index is -0.181. The first-order valence-electron chi connectivity index (χ1n) is 7.22. The molecule has 0 aliphatic carbocycles. The third-order valence-electron chi connectivity index (χ3n) is 3.43. The van der Waals surface area contributed by atoms with Gasteiger partial charge in [0.15, 0.2) is 0 Å². The van der Waals surface area contributed by atoms with Crippen molar-refractivity contribution in [2.24, 2.45) is 0 Å². The summed E-state index contributed by atoms with van der Waals surface area (Å²) < 4.78 is 13.5. The molecular formula is C18H22FNS. The number of aryl methyl sites for hydroxylation is 2. The lowest BCUT2D eigenvalue weighted by molar-refractivity contribution is 0.576. The maximum atomic E-state index is 13.5. The fourth-order valence-electron chi connectivity index (χ4n) is 2.00. The highest BCUT2D eigenvalue weighted by molar-refractivity contribution is 7.99. The fourth-order valence-corrected chi connectivity index (χ4v) is 3.03. The molecule has 1 nitrogen and oxygen atoms in total. The van der Waals surface area contributed by atoms with Crippen LogP contribution >= 0.6 is 11.8 Å².